The monoisotopic (exact) mass is 302 g/mol. The van der Waals surface area contributed by atoms with Crippen molar-refractivity contribution in [3.63, 3.8) is 0 Å². The summed E-state index contributed by atoms with van der Waals surface area (Å²) in [6.07, 6.45) is 0. The first kappa shape index (κ1) is 11.8. The molecule has 0 radical (unpaired) electrons. The van der Waals surface area contributed by atoms with E-state index >= 15 is 0 Å². The highest BCUT2D eigenvalue weighted by atomic mass is 79.9. The highest BCUT2D eigenvalue weighted by Gasteiger charge is 2.24. The molecule has 0 bridgehead atoms. The number of anilines is 2. The molecule has 1 aliphatic heterocycles. The van der Waals surface area contributed by atoms with Gasteiger partial charge in [0.25, 0.3) is 0 Å². The van der Waals surface area contributed by atoms with E-state index in [0.717, 1.165) is 6.07 Å². The van der Waals surface area contributed by atoms with Gasteiger partial charge < -0.3 is 15.3 Å². The van der Waals surface area contributed by atoms with Gasteiger partial charge in [0, 0.05) is 6.07 Å². The number of aliphatic carboxylic acids is 1. The van der Waals surface area contributed by atoms with Gasteiger partial charge in [-0.15, -0.1) is 0 Å². The lowest BCUT2D eigenvalue weighted by Crippen LogP contribution is -2.41. The third-order valence-electron chi connectivity index (χ3n) is 2.31. The second-order valence-corrected chi connectivity index (χ2v) is 4.44. The number of hydrogen-bond donors (Lipinski definition) is 2. The second-order valence-electron chi connectivity index (χ2n) is 3.58. The lowest BCUT2D eigenvalue weighted by molar-refractivity contribution is -0.135. The SMILES string of the molecule is O=C(O)CN1CC(=O)Nc2cc(F)c(Br)cc21. The summed E-state index contributed by atoms with van der Waals surface area (Å²) in [5, 5.41) is 11.2. The standard InChI is InChI=1S/C10H8BrFN2O3/c11-5-1-8-7(2-6(5)12)13-9(15)3-14(8)4-10(16)17/h1-2H,3-4H2,(H,13,15)(H,16,17). The summed E-state index contributed by atoms with van der Waals surface area (Å²) in [5.74, 6) is -1.92. The molecule has 2 rings (SSSR count). The molecule has 1 amide bonds. The molecule has 0 saturated heterocycles. The maximum Gasteiger partial charge on any atom is 0.323 e. The van der Waals surface area contributed by atoms with Crippen molar-refractivity contribution in [3.8, 4) is 0 Å². The van der Waals surface area contributed by atoms with Gasteiger partial charge in [-0.2, -0.15) is 0 Å². The van der Waals surface area contributed by atoms with Crippen LogP contribution in [0.5, 0.6) is 0 Å². The van der Waals surface area contributed by atoms with Crippen LogP contribution >= 0.6 is 15.9 Å². The fourth-order valence-corrected chi connectivity index (χ4v) is 1.98. The van der Waals surface area contributed by atoms with Crippen molar-refractivity contribution in [2.75, 3.05) is 23.3 Å². The highest BCUT2D eigenvalue weighted by Crippen LogP contribution is 2.33. The van der Waals surface area contributed by atoms with Crippen LogP contribution in [0.25, 0.3) is 0 Å². The van der Waals surface area contributed by atoms with Gasteiger partial charge >= 0.3 is 5.97 Å². The number of benzene rings is 1. The molecule has 0 saturated carbocycles. The third-order valence-corrected chi connectivity index (χ3v) is 2.92. The number of carboxylic acid groups (broad SMARTS) is 1. The predicted octanol–water partition coefficient (Wildman–Crippen LogP) is 1.43. The lowest BCUT2D eigenvalue weighted by atomic mass is 10.2. The van der Waals surface area contributed by atoms with Crippen LogP contribution in [0.2, 0.25) is 0 Å². The molecule has 0 spiro atoms. The number of fused-ring (bicyclic) bond motifs is 1. The van der Waals surface area contributed by atoms with Gasteiger partial charge in [-0.1, -0.05) is 0 Å². The maximum absolute atomic E-state index is 13.3. The molecule has 1 aliphatic rings. The Bertz CT molecular complexity index is 507. The van der Waals surface area contributed by atoms with Crippen LogP contribution in [-0.2, 0) is 9.59 Å². The zero-order valence-electron chi connectivity index (χ0n) is 8.54. The Kier molecular flexibility index (Phi) is 3.01. The Hall–Kier alpha value is -1.63. The molecule has 0 fully saturated rings. The molecule has 1 aromatic carbocycles. The zero-order valence-corrected chi connectivity index (χ0v) is 10.1. The topological polar surface area (TPSA) is 69.6 Å². The Labute approximate surface area is 104 Å². The largest absolute Gasteiger partial charge is 0.480 e. The molecule has 0 unspecified atom stereocenters. The first-order chi connectivity index (χ1) is 7.97. The molecule has 5 nitrogen and oxygen atoms in total. The molecule has 17 heavy (non-hydrogen) atoms. The molecule has 90 valence electrons. The number of hydrogen-bond acceptors (Lipinski definition) is 3. The Morgan fingerprint density at radius 3 is 2.94 bits per heavy atom. The summed E-state index contributed by atoms with van der Waals surface area (Å²) in [4.78, 5) is 23.4. The van der Waals surface area contributed by atoms with E-state index in [9.17, 15) is 14.0 Å². The fourth-order valence-electron chi connectivity index (χ4n) is 1.65. The molecule has 2 N–H and O–H groups in total. The van der Waals surface area contributed by atoms with Crippen LogP contribution in [0.15, 0.2) is 16.6 Å². The van der Waals surface area contributed by atoms with Crippen molar-refractivity contribution in [1.29, 1.82) is 0 Å². The minimum atomic E-state index is -1.05. The van der Waals surface area contributed by atoms with E-state index in [-0.39, 0.29) is 29.2 Å². The van der Waals surface area contributed by atoms with Crippen LogP contribution in [0.1, 0.15) is 0 Å². The Morgan fingerprint density at radius 1 is 1.59 bits per heavy atom. The normalized spacial score (nSPS) is 14.2. The summed E-state index contributed by atoms with van der Waals surface area (Å²) in [5.41, 5.74) is 0.767. The average Bonchev–Trinajstić information content (AvgIpc) is 2.20. The van der Waals surface area contributed by atoms with Gasteiger partial charge in [-0.05, 0) is 22.0 Å². The average molecular weight is 303 g/mol. The zero-order chi connectivity index (χ0) is 12.6. The van der Waals surface area contributed by atoms with Gasteiger partial charge in [-0.3, -0.25) is 9.59 Å². The first-order valence-electron chi connectivity index (χ1n) is 4.73. The highest BCUT2D eigenvalue weighted by molar-refractivity contribution is 9.10. The van der Waals surface area contributed by atoms with Gasteiger partial charge in [0.05, 0.1) is 22.4 Å². The minimum absolute atomic E-state index is 0.0582. The number of carboxylic acids is 1. The number of amides is 1. The summed E-state index contributed by atoms with van der Waals surface area (Å²) < 4.78 is 13.5. The van der Waals surface area contributed by atoms with Gasteiger partial charge in [0.15, 0.2) is 0 Å². The Balaban J connectivity index is 2.44. The van der Waals surface area contributed by atoms with Crippen molar-refractivity contribution >= 4 is 39.2 Å². The number of nitrogens with zero attached hydrogens (tertiary/aromatic N) is 1. The van der Waals surface area contributed by atoms with Gasteiger partial charge in [0.2, 0.25) is 5.91 Å². The van der Waals surface area contributed by atoms with E-state index < -0.39 is 11.8 Å². The molecule has 1 aromatic rings. The van der Waals surface area contributed by atoms with Crippen LogP contribution < -0.4 is 10.2 Å². The van der Waals surface area contributed by atoms with E-state index in [2.05, 4.69) is 21.2 Å². The van der Waals surface area contributed by atoms with Crippen LogP contribution in [0.4, 0.5) is 15.8 Å². The summed E-state index contributed by atoms with van der Waals surface area (Å²) in [6, 6.07) is 2.61. The lowest BCUT2D eigenvalue weighted by Gasteiger charge is -2.29. The van der Waals surface area contributed by atoms with Crippen molar-refractivity contribution in [2.45, 2.75) is 0 Å². The smallest absolute Gasteiger partial charge is 0.323 e. The van der Waals surface area contributed by atoms with Crippen LogP contribution in [-0.4, -0.2) is 30.1 Å². The number of nitrogens with one attached hydrogen (secondary N) is 1. The van der Waals surface area contributed by atoms with E-state index in [1.54, 1.807) is 0 Å². The van der Waals surface area contributed by atoms with Crippen molar-refractivity contribution in [3.05, 3.63) is 22.4 Å². The molecular formula is C10H8BrFN2O3. The van der Waals surface area contributed by atoms with Crippen molar-refractivity contribution < 1.29 is 19.1 Å². The quantitative estimate of drug-likeness (QED) is 0.867. The molecule has 0 aliphatic carbocycles. The molecule has 0 atom stereocenters. The fraction of sp³-hybridized carbons (Fsp3) is 0.200. The predicted molar refractivity (Wildman–Crippen MR) is 62.6 cm³/mol. The molecular weight excluding hydrogens is 295 g/mol. The van der Waals surface area contributed by atoms with Crippen LogP contribution in [0, 0.1) is 5.82 Å². The number of halogens is 2. The van der Waals surface area contributed by atoms with Gasteiger partial charge in [0.1, 0.15) is 12.4 Å². The number of carbonyl (C=O) groups excluding carboxylic acids is 1. The van der Waals surface area contributed by atoms with E-state index in [1.165, 1.54) is 11.0 Å². The number of rotatable bonds is 2. The maximum atomic E-state index is 13.3. The summed E-state index contributed by atoms with van der Waals surface area (Å²) in [7, 11) is 0. The van der Waals surface area contributed by atoms with Crippen molar-refractivity contribution in [1.82, 2.24) is 0 Å². The van der Waals surface area contributed by atoms with E-state index in [1.807, 2.05) is 0 Å². The van der Waals surface area contributed by atoms with Crippen molar-refractivity contribution in [2.24, 2.45) is 0 Å². The Morgan fingerprint density at radius 2 is 2.29 bits per heavy atom. The third kappa shape index (κ3) is 2.38. The summed E-state index contributed by atoms with van der Waals surface area (Å²) in [6.45, 7) is -0.365. The van der Waals surface area contributed by atoms with E-state index in [0.29, 0.717) is 5.69 Å². The summed E-state index contributed by atoms with van der Waals surface area (Å²) >= 11 is 3.02. The van der Waals surface area contributed by atoms with Crippen LogP contribution in [0.3, 0.4) is 0 Å². The van der Waals surface area contributed by atoms with E-state index in [4.69, 9.17) is 5.11 Å². The molecule has 1 heterocycles. The second kappa shape index (κ2) is 4.33. The molecule has 0 aromatic heterocycles. The first-order valence-corrected chi connectivity index (χ1v) is 5.52. The molecule has 7 heteroatoms. The van der Waals surface area contributed by atoms with Gasteiger partial charge in [-0.25, -0.2) is 4.39 Å². The minimum Gasteiger partial charge on any atom is -0.480 e. The number of carbonyl (C=O) groups is 2.